The van der Waals surface area contributed by atoms with Gasteiger partial charge in [0, 0.05) is 24.1 Å². The van der Waals surface area contributed by atoms with Gasteiger partial charge in [0.15, 0.2) is 0 Å². The zero-order chi connectivity index (χ0) is 19.7. The van der Waals surface area contributed by atoms with Crippen molar-refractivity contribution in [3.05, 3.63) is 76.7 Å². The molecule has 0 saturated heterocycles. The topological polar surface area (TPSA) is 38.2 Å². The van der Waals surface area contributed by atoms with Crippen molar-refractivity contribution in [1.29, 1.82) is 0 Å². The van der Waals surface area contributed by atoms with Gasteiger partial charge >= 0.3 is 0 Å². The Morgan fingerprint density at radius 2 is 1.86 bits per heavy atom. The van der Waals surface area contributed by atoms with E-state index in [4.69, 9.17) is 4.74 Å². The second-order valence-electron chi connectivity index (χ2n) is 7.44. The Hall–Kier alpha value is -2.79. The number of aromatic nitrogens is 2. The minimum absolute atomic E-state index is 0.0176. The van der Waals surface area contributed by atoms with Crippen molar-refractivity contribution in [3.8, 4) is 17.0 Å². The van der Waals surface area contributed by atoms with E-state index in [0.29, 0.717) is 5.75 Å². The second-order valence-corrected chi connectivity index (χ2v) is 7.44. The average Bonchev–Trinajstić information content (AvgIpc) is 2.86. The lowest BCUT2D eigenvalue weighted by Crippen LogP contribution is -2.17. The van der Waals surface area contributed by atoms with Crippen LogP contribution in [-0.2, 0) is 6.54 Å². The first-order chi connectivity index (χ1) is 13.5. The maximum absolute atomic E-state index is 14.8. The summed E-state index contributed by atoms with van der Waals surface area (Å²) >= 11 is 0. The van der Waals surface area contributed by atoms with E-state index in [2.05, 4.69) is 40.3 Å². The Labute approximate surface area is 165 Å². The number of hydrogen-bond acceptors (Lipinski definition) is 4. The molecule has 4 rings (SSSR count). The predicted octanol–water partition coefficient (Wildman–Crippen LogP) is 4.57. The summed E-state index contributed by atoms with van der Waals surface area (Å²) < 4.78 is 20.0. The van der Waals surface area contributed by atoms with Crippen molar-refractivity contribution < 1.29 is 9.13 Å². The number of aryl methyl sites for hydroxylation is 1. The molecule has 1 aromatic heterocycles. The third kappa shape index (κ3) is 3.62. The van der Waals surface area contributed by atoms with Crippen molar-refractivity contribution in [2.75, 3.05) is 20.7 Å². The van der Waals surface area contributed by atoms with Crippen molar-refractivity contribution in [1.82, 2.24) is 15.1 Å². The maximum atomic E-state index is 14.8. The molecule has 0 amide bonds. The number of rotatable bonds is 3. The van der Waals surface area contributed by atoms with Crippen LogP contribution >= 0.6 is 0 Å². The molecule has 0 spiro atoms. The summed E-state index contributed by atoms with van der Waals surface area (Å²) in [5.41, 5.74) is 5.90. The highest BCUT2D eigenvalue weighted by Gasteiger charge is 2.25. The molecule has 2 heterocycles. The Morgan fingerprint density at radius 1 is 1.04 bits per heavy atom. The van der Waals surface area contributed by atoms with Crippen molar-refractivity contribution in [3.63, 3.8) is 0 Å². The fourth-order valence-electron chi connectivity index (χ4n) is 3.91. The molecule has 0 bridgehead atoms. The first-order valence-corrected chi connectivity index (χ1v) is 9.50. The van der Waals surface area contributed by atoms with Crippen LogP contribution in [0, 0.1) is 12.7 Å². The van der Waals surface area contributed by atoms with Crippen LogP contribution < -0.4 is 4.74 Å². The van der Waals surface area contributed by atoms with Gasteiger partial charge in [-0.15, -0.1) is 0 Å². The van der Waals surface area contributed by atoms with E-state index in [9.17, 15) is 4.39 Å². The van der Waals surface area contributed by atoms with Crippen molar-refractivity contribution in [2.24, 2.45) is 0 Å². The Kier molecular flexibility index (Phi) is 5.09. The molecular weight excluding hydrogens is 353 g/mol. The van der Waals surface area contributed by atoms with Gasteiger partial charge in [0.25, 0.3) is 0 Å². The van der Waals surface area contributed by atoms with Gasteiger partial charge in [0.1, 0.15) is 11.6 Å². The third-order valence-corrected chi connectivity index (χ3v) is 5.43. The molecule has 3 aromatic rings. The number of ether oxygens (including phenoxy) is 1. The monoisotopic (exact) mass is 377 g/mol. The zero-order valence-corrected chi connectivity index (χ0v) is 16.4. The molecule has 1 aliphatic heterocycles. The molecule has 0 radical (unpaired) electrons. The van der Waals surface area contributed by atoms with E-state index in [1.165, 1.54) is 17.2 Å². The summed E-state index contributed by atoms with van der Waals surface area (Å²) in [6.45, 7) is 3.66. The van der Waals surface area contributed by atoms with Gasteiger partial charge in [-0.1, -0.05) is 18.2 Å². The number of benzene rings is 2. The van der Waals surface area contributed by atoms with E-state index in [-0.39, 0.29) is 11.7 Å². The van der Waals surface area contributed by atoms with Crippen LogP contribution in [0.3, 0.4) is 0 Å². The Morgan fingerprint density at radius 3 is 2.57 bits per heavy atom. The molecule has 0 saturated carbocycles. The number of halogens is 1. The third-order valence-electron chi connectivity index (χ3n) is 5.43. The molecule has 0 N–H and O–H groups in total. The molecule has 1 aliphatic rings. The lowest BCUT2D eigenvalue weighted by molar-refractivity contribution is 0.327. The molecule has 144 valence electrons. The van der Waals surface area contributed by atoms with Crippen LogP contribution in [0.2, 0.25) is 0 Å². The highest BCUT2D eigenvalue weighted by atomic mass is 19.1. The summed E-state index contributed by atoms with van der Waals surface area (Å²) in [6.07, 6.45) is 0.871. The SMILES string of the molecule is COc1ccc(C2CCN(C)Cc3cc(-c4ccc(C)nn4)ccc32)c(F)c1. The van der Waals surface area contributed by atoms with E-state index in [1.807, 2.05) is 31.2 Å². The average molecular weight is 377 g/mol. The number of fused-ring (bicyclic) bond motifs is 1. The fourth-order valence-corrected chi connectivity index (χ4v) is 3.91. The minimum Gasteiger partial charge on any atom is -0.497 e. The highest BCUT2D eigenvalue weighted by molar-refractivity contribution is 5.61. The van der Waals surface area contributed by atoms with Crippen LogP contribution in [0.4, 0.5) is 4.39 Å². The molecule has 4 nitrogen and oxygen atoms in total. The van der Waals surface area contributed by atoms with Gasteiger partial charge in [0.05, 0.1) is 18.5 Å². The summed E-state index contributed by atoms with van der Waals surface area (Å²) in [4.78, 5) is 2.28. The van der Waals surface area contributed by atoms with Crippen molar-refractivity contribution >= 4 is 0 Å². The summed E-state index contributed by atoms with van der Waals surface area (Å²) in [6, 6.07) is 15.5. The zero-order valence-electron chi connectivity index (χ0n) is 16.4. The molecule has 1 atom stereocenters. The number of nitrogens with zero attached hydrogens (tertiary/aromatic N) is 3. The molecule has 0 fully saturated rings. The molecule has 1 unspecified atom stereocenters. The quantitative estimate of drug-likeness (QED) is 0.670. The highest BCUT2D eigenvalue weighted by Crippen LogP contribution is 2.37. The number of methoxy groups -OCH3 is 1. The van der Waals surface area contributed by atoms with Crippen LogP contribution in [0.1, 0.15) is 34.7 Å². The summed E-state index contributed by atoms with van der Waals surface area (Å²) in [5, 5.41) is 8.48. The van der Waals surface area contributed by atoms with Gasteiger partial charge in [-0.2, -0.15) is 10.2 Å². The van der Waals surface area contributed by atoms with Gasteiger partial charge in [-0.05, 0) is 67.9 Å². The van der Waals surface area contributed by atoms with E-state index in [1.54, 1.807) is 7.11 Å². The first kappa shape index (κ1) is 18.6. The fraction of sp³-hybridized carbons (Fsp3) is 0.304. The van der Waals surface area contributed by atoms with Crippen LogP contribution in [0.15, 0.2) is 48.5 Å². The van der Waals surface area contributed by atoms with Crippen LogP contribution in [0.5, 0.6) is 5.75 Å². The van der Waals surface area contributed by atoms with E-state index >= 15 is 0 Å². The minimum atomic E-state index is -0.215. The molecular formula is C23H24FN3O. The lowest BCUT2D eigenvalue weighted by atomic mass is 9.85. The normalized spacial score (nSPS) is 17.1. The van der Waals surface area contributed by atoms with E-state index < -0.39 is 0 Å². The first-order valence-electron chi connectivity index (χ1n) is 9.50. The largest absolute Gasteiger partial charge is 0.497 e. The molecule has 2 aromatic carbocycles. The molecule has 0 aliphatic carbocycles. The maximum Gasteiger partial charge on any atom is 0.130 e. The standard InChI is InChI=1S/C23H24FN3O/c1-15-4-9-23(26-25-15)16-5-7-19-17(12-16)14-27(2)11-10-20(19)21-8-6-18(28-3)13-22(21)24/h4-9,12-13,20H,10-11,14H2,1-3H3. The molecule has 5 heteroatoms. The van der Waals surface area contributed by atoms with Gasteiger partial charge in [-0.3, -0.25) is 0 Å². The van der Waals surface area contributed by atoms with Gasteiger partial charge in [-0.25, -0.2) is 4.39 Å². The smallest absolute Gasteiger partial charge is 0.130 e. The van der Waals surface area contributed by atoms with Crippen LogP contribution in [-0.4, -0.2) is 35.8 Å². The van der Waals surface area contributed by atoms with Crippen LogP contribution in [0.25, 0.3) is 11.3 Å². The Bertz CT molecular complexity index is 988. The number of hydrogen-bond donors (Lipinski definition) is 0. The van der Waals surface area contributed by atoms with Gasteiger partial charge in [0.2, 0.25) is 0 Å². The van der Waals surface area contributed by atoms with Crippen molar-refractivity contribution in [2.45, 2.75) is 25.8 Å². The van der Waals surface area contributed by atoms with Gasteiger partial charge < -0.3 is 9.64 Å². The van der Waals surface area contributed by atoms with E-state index in [0.717, 1.165) is 42.0 Å². The summed E-state index contributed by atoms with van der Waals surface area (Å²) in [7, 11) is 3.66. The lowest BCUT2D eigenvalue weighted by Gasteiger charge is -2.19. The summed E-state index contributed by atoms with van der Waals surface area (Å²) in [5.74, 6) is 0.345. The molecule has 28 heavy (non-hydrogen) atoms. The predicted molar refractivity (Wildman–Crippen MR) is 108 cm³/mol. The second kappa shape index (κ2) is 7.68. The Balaban J connectivity index is 1.77.